The van der Waals surface area contributed by atoms with Gasteiger partial charge in [0.15, 0.2) is 5.82 Å². The van der Waals surface area contributed by atoms with Gasteiger partial charge >= 0.3 is 0 Å². The van der Waals surface area contributed by atoms with E-state index in [0.717, 1.165) is 12.5 Å². The topological polar surface area (TPSA) is 79.2 Å². The Morgan fingerprint density at radius 2 is 2.21 bits per heavy atom. The number of aliphatic hydroxyl groups excluding tert-OH is 1. The number of aromatic nitrogens is 2. The lowest BCUT2D eigenvalue weighted by atomic mass is 9.87. The lowest BCUT2D eigenvalue weighted by Crippen LogP contribution is -2.48. The maximum absolute atomic E-state index is 14.2. The van der Waals surface area contributed by atoms with E-state index in [0.29, 0.717) is 42.6 Å². The molecule has 3 unspecified atom stereocenters. The van der Waals surface area contributed by atoms with Crippen LogP contribution in [0.2, 0.25) is 0 Å². The fraction of sp³-hybridized carbons (Fsp3) is 0.524. The summed E-state index contributed by atoms with van der Waals surface area (Å²) in [4.78, 5) is 17.0. The van der Waals surface area contributed by atoms with Crippen LogP contribution in [0.15, 0.2) is 24.7 Å². The highest BCUT2D eigenvalue weighted by molar-refractivity contribution is 5.94. The number of anilines is 1. The summed E-state index contributed by atoms with van der Waals surface area (Å²) in [6, 6.07) is 1.70. The van der Waals surface area contributed by atoms with Crippen molar-refractivity contribution in [3.8, 4) is 0 Å². The Balaban J connectivity index is 1.65. The van der Waals surface area contributed by atoms with E-state index in [4.69, 9.17) is 0 Å². The van der Waals surface area contributed by atoms with E-state index in [2.05, 4.69) is 15.6 Å². The summed E-state index contributed by atoms with van der Waals surface area (Å²) < 4.78 is 29.3. The van der Waals surface area contributed by atoms with Crippen molar-refractivity contribution in [3.05, 3.63) is 47.4 Å². The van der Waals surface area contributed by atoms with Crippen molar-refractivity contribution in [2.75, 3.05) is 11.9 Å². The number of aryl methyl sites for hydroxylation is 1. The Morgan fingerprint density at radius 3 is 2.93 bits per heavy atom. The van der Waals surface area contributed by atoms with E-state index in [-0.39, 0.29) is 24.6 Å². The maximum Gasteiger partial charge on any atom is 0.242 e. The summed E-state index contributed by atoms with van der Waals surface area (Å²) in [6.45, 7) is 3.83. The number of benzene rings is 1. The number of fused-ring (bicyclic) bond motifs is 1. The molecule has 3 rings (SSSR count). The number of rotatable bonds is 8. The van der Waals surface area contributed by atoms with Crippen molar-refractivity contribution in [2.45, 2.75) is 64.1 Å². The molecule has 6 nitrogen and oxygen atoms in total. The minimum Gasteiger partial charge on any atom is -0.394 e. The van der Waals surface area contributed by atoms with Crippen LogP contribution in [0.3, 0.4) is 0 Å². The molecule has 158 valence electrons. The second-order valence-corrected chi connectivity index (χ2v) is 7.70. The fourth-order valence-corrected chi connectivity index (χ4v) is 3.74. The summed E-state index contributed by atoms with van der Waals surface area (Å²) in [5.74, 6) is -0.842. The molecular weight excluding hydrogens is 378 g/mol. The number of hydrogen-bond donors (Lipinski definition) is 3. The minimum absolute atomic E-state index is 0.0205. The SMILES string of the molecule is CCCC(NC1CCc2cc(F)cc(F)c2C1)C(=O)Nc1cn(C(C)CO)cn1. The van der Waals surface area contributed by atoms with Gasteiger partial charge in [-0.15, -0.1) is 0 Å². The number of halogens is 2. The third kappa shape index (κ3) is 5.19. The second kappa shape index (κ2) is 9.45. The Labute approximate surface area is 169 Å². The summed E-state index contributed by atoms with van der Waals surface area (Å²) in [5, 5.41) is 15.4. The van der Waals surface area contributed by atoms with Crippen LogP contribution < -0.4 is 10.6 Å². The molecule has 3 N–H and O–H groups in total. The van der Waals surface area contributed by atoms with Gasteiger partial charge in [-0.3, -0.25) is 4.79 Å². The molecule has 1 aliphatic carbocycles. The average Bonchev–Trinajstić information content (AvgIpc) is 3.15. The van der Waals surface area contributed by atoms with Crippen LogP contribution >= 0.6 is 0 Å². The Bertz CT molecular complexity index is 855. The van der Waals surface area contributed by atoms with Crippen LogP contribution in [0, 0.1) is 11.6 Å². The first-order valence-corrected chi connectivity index (χ1v) is 10.1. The van der Waals surface area contributed by atoms with Gasteiger partial charge in [0.05, 0.1) is 25.0 Å². The number of imidazole rings is 1. The van der Waals surface area contributed by atoms with E-state index in [1.807, 2.05) is 13.8 Å². The maximum atomic E-state index is 14.2. The predicted molar refractivity (Wildman–Crippen MR) is 107 cm³/mol. The van der Waals surface area contributed by atoms with Crippen molar-refractivity contribution in [3.63, 3.8) is 0 Å². The van der Waals surface area contributed by atoms with Gasteiger partial charge in [-0.2, -0.15) is 0 Å². The molecule has 0 saturated carbocycles. The number of amides is 1. The Morgan fingerprint density at radius 1 is 1.41 bits per heavy atom. The largest absolute Gasteiger partial charge is 0.394 e. The summed E-state index contributed by atoms with van der Waals surface area (Å²) in [6.07, 6.45) is 6.41. The van der Waals surface area contributed by atoms with Crippen LogP contribution in [0.1, 0.15) is 50.3 Å². The number of carbonyl (C=O) groups is 1. The standard InChI is InChI=1S/C21H28F2N4O2/c1-3-4-19(21(29)26-20-10-27(12-24-20)13(2)11-28)25-16-6-5-14-7-15(22)8-18(23)17(14)9-16/h7-8,10,12-13,16,19,25,28H,3-6,9,11H2,1-2H3,(H,26,29). The van der Waals surface area contributed by atoms with Crippen LogP contribution in [0.25, 0.3) is 0 Å². The quantitative estimate of drug-likeness (QED) is 0.630. The van der Waals surface area contributed by atoms with Gasteiger partial charge in [0.25, 0.3) is 0 Å². The second-order valence-electron chi connectivity index (χ2n) is 7.70. The Hall–Kier alpha value is -2.32. The van der Waals surface area contributed by atoms with Crippen molar-refractivity contribution in [2.24, 2.45) is 0 Å². The number of aliphatic hydroxyl groups is 1. The third-order valence-electron chi connectivity index (χ3n) is 5.42. The van der Waals surface area contributed by atoms with E-state index in [1.54, 1.807) is 17.1 Å². The predicted octanol–water partition coefficient (Wildman–Crippen LogP) is 2.97. The zero-order valence-corrected chi connectivity index (χ0v) is 16.8. The normalized spacial score (nSPS) is 18.2. The monoisotopic (exact) mass is 406 g/mol. The number of carbonyl (C=O) groups excluding carboxylic acids is 1. The zero-order chi connectivity index (χ0) is 21.0. The molecule has 1 amide bonds. The molecule has 1 aromatic heterocycles. The molecule has 1 heterocycles. The first kappa shape index (κ1) is 21.4. The molecule has 1 aromatic carbocycles. The summed E-state index contributed by atoms with van der Waals surface area (Å²) >= 11 is 0. The van der Waals surface area contributed by atoms with E-state index in [9.17, 15) is 18.7 Å². The first-order valence-electron chi connectivity index (χ1n) is 10.1. The summed E-state index contributed by atoms with van der Waals surface area (Å²) in [5.41, 5.74) is 1.24. The van der Waals surface area contributed by atoms with Gasteiger partial charge in [0.2, 0.25) is 5.91 Å². The van der Waals surface area contributed by atoms with Crippen molar-refractivity contribution < 1.29 is 18.7 Å². The van der Waals surface area contributed by atoms with Gasteiger partial charge in [-0.05, 0) is 49.8 Å². The van der Waals surface area contributed by atoms with E-state index in [1.165, 1.54) is 6.07 Å². The van der Waals surface area contributed by atoms with Gasteiger partial charge in [-0.25, -0.2) is 13.8 Å². The molecule has 3 atom stereocenters. The smallest absolute Gasteiger partial charge is 0.242 e. The fourth-order valence-electron chi connectivity index (χ4n) is 3.74. The van der Waals surface area contributed by atoms with Crippen molar-refractivity contribution >= 4 is 11.7 Å². The molecular formula is C21H28F2N4O2. The number of hydrogen-bond acceptors (Lipinski definition) is 4. The van der Waals surface area contributed by atoms with Gasteiger partial charge in [0, 0.05) is 18.3 Å². The molecule has 1 aliphatic rings. The molecule has 0 saturated heterocycles. The Kier molecular flexibility index (Phi) is 6.97. The molecule has 2 aromatic rings. The van der Waals surface area contributed by atoms with Crippen LogP contribution in [-0.4, -0.2) is 39.3 Å². The molecule has 0 fully saturated rings. The minimum atomic E-state index is -0.550. The van der Waals surface area contributed by atoms with E-state index >= 15 is 0 Å². The molecule has 0 aliphatic heterocycles. The van der Waals surface area contributed by atoms with E-state index < -0.39 is 17.7 Å². The average molecular weight is 406 g/mol. The van der Waals surface area contributed by atoms with Gasteiger partial charge in [-0.1, -0.05) is 13.3 Å². The highest BCUT2D eigenvalue weighted by Crippen LogP contribution is 2.26. The lowest BCUT2D eigenvalue weighted by Gasteiger charge is -2.29. The van der Waals surface area contributed by atoms with Crippen molar-refractivity contribution in [1.29, 1.82) is 0 Å². The summed E-state index contributed by atoms with van der Waals surface area (Å²) in [7, 11) is 0. The number of nitrogens with zero attached hydrogens (tertiary/aromatic N) is 2. The molecule has 0 radical (unpaired) electrons. The molecule has 0 spiro atoms. The van der Waals surface area contributed by atoms with Crippen LogP contribution in [-0.2, 0) is 17.6 Å². The molecule has 8 heteroatoms. The zero-order valence-electron chi connectivity index (χ0n) is 16.8. The highest BCUT2D eigenvalue weighted by Gasteiger charge is 2.27. The van der Waals surface area contributed by atoms with Crippen LogP contribution in [0.5, 0.6) is 0 Å². The third-order valence-corrected chi connectivity index (χ3v) is 5.42. The number of nitrogens with one attached hydrogen (secondary N) is 2. The molecule has 29 heavy (non-hydrogen) atoms. The van der Waals surface area contributed by atoms with Crippen LogP contribution in [0.4, 0.5) is 14.6 Å². The molecule has 0 bridgehead atoms. The van der Waals surface area contributed by atoms with Crippen molar-refractivity contribution in [1.82, 2.24) is 14.9 Å². The lowest BCUT2D eigenvalue weighted by molar-refractivity contribution is -0.118. The van der Waals surface area contributed by atoms with Gasteiger partial charge < -0.3 is 20.3 Å². The van der Waals surface area contributed by atoms with Gasteiger partial charge in [0.1, 0.15) is 11.6 Å². The first-order chi connectivity index (χ1) is 13.9. The highest BCUT2D eigenvalue weighted by atomic mass is 19.1.